The van der Waals surface area contributed by atoms with E-state index in [1.54, 1.807) is 0 Å². The van der Waals surface area contributed by atoms with Crippen LogP contribution in [0.25, 0.3) is 0 Å². The highest BCUT2D eigenvalue weighted by Gasteiger charge is 2.28. The fourth-order valence-corrected chi connectivity index (χ4v) is 3.66. The molecule has 0 saturated heterocycles. The molecular formula is C14H24N4OS. The Hall–Kier alpha value is -0.980. The number of carbonyl (C=O) groups is 1. The van der Waals surface area contributed by atoms with Gasteiger partial charge in [0.2, 0.25) is 5.91 Å². The quantitative estimate of drug-likeness (QED) is 0.870. The Labute approximate surface area is 124 Å². The Morgan fingerprint density at radius 1 is 1.55 bits per heavy atom. The summed E-state index contributed by atoms with van der Waals surface area (Å²) in [5, 5.41) is 5.48. The number of nitrogens with zero attached hydrogens (tertiary/aromatic N) is 2. The van der Waals surface area contributed by atoms with E-state index >= 15 is 0 Å². The van der Waals surface area contributed by atoms with Gasteiger partial charge in [-0.15, -0.1) is 11.3 Å². The number of nitrogens with one attached hydrogen (secondary N) is 1. The summed E-state index contributed by atoms with van der Waals surface area (Å²) < 4.78 is 0. The number of aryl methyl sites for hydroxylation is 1. The van der Waals surface area contributed by atoms with Gasteiger partial charge in [-0.1, -0.05) is 12.8 Å². The lowest BCUT2D eigenvalue weighted by Crippen LogP contribution is -2.45. The highest BCUT2D eigenvalue weighted by atomic mass is 32.1. The van der Waals surface area contributed by atoms with Crippen LogP contribution in [0.15, 0.2) is 5.38 Å². The molecule has 5 nitrogen and oxygen atoms in total. The van der Waals surface area contributed by atoms with E-state index in [4.69, 9.17) is 5.73 Å². The number of nitrogens with two attached hydrogens (primary N) is 1. The third-order valence-electron chi connectivity index (χ3n) is 4.00. The second-order valence-corrected chi connectivity index (χ2v) is 6.46. The highest BCUT2D eigenvalue weighted by Crippen LogP contribution is 2.27. The normalized spacial score (nSPS) is 23.0. The lowest BCUT2D eigenvalue weighted by Gasteiger charge is -2.37. The smallest absolute Gasteiger partial charge is 0.240 e. The summed E-state index contributed by atoms with van der Waals surface area (Å²) in [7, 11) is 2.02. The summed E-state index contributed by atoms with van der Waals surface area (Å²) in [4.78, 5) is 18.4. The van der Waals surface area contributed by atoms with Gasteiger partial charge < -0.3 is 11.1 Å². The molecule has 2 rings (SSSR count). The van der Waals surface area contributed by atoms with E-state index in [0.29, 0.717) is 30.2 Å². The van der Waals surface area contributed by atoms with Crippen LogP contribution < -0.4 is 11.1 Å². The number of anilines is 1. The molecule has 1 saturated carbocycles. The van der Waals surface area contributed by atoms with Crippen LogP contribution in [0.5, 0.6) is 0 Å². The van der Waals surface area contributed by atoms with Crippen molar-refractivity contribution in [2.24, 2.45) is 11.7 Å². The summed E-state index contributed by atoms with van der Waals surface area (Å²) in [6.07, 6.45) is 4.82. The molecule has 2 unspecified atom stereocenters. The first kappa shape index (κ1) is 15.4. The molecule has 1 aromatic rings. The van der Waals surface area contributed by atoms with E-state index in [-0.39, 0.29) is 5.91 Å². The summed E-state index contributed by atoms with van der Waals surface area (Å²) in [5.41, 5.74) is 6.79. The maximum absolute atomic E-state index is 12.1. The summed E-state index contributed by atoms with van der Waals surface area (Å²) in [5.74, 6) is 0.520. The second-order valence-electron chi connectivity index (χ2n) is 5.60. The van der Waals surface area contributed by atoms with Gasteiger partial charge in [0, 0.05) is 11.4 Å². The van der Waals surface area contributed by atoms with Crippen LogP contribution in [0.3, 0.4) is 0 Å². The van der Waals surface area contributed by atoms with E-state index in [1.807, 2.05) is 19.4 Å². The average molecular weight is 296 g/mol. The molecule has 1 aliphatic rings. The van der Waals surface area contributed by atoms with Crippen molar-refractivity contribution >= 4 is 22.4 Å². The number of likely N-dealkylation sites (N-methyl/N-ethyl adjacent to an activating group) is 1. The standard InChI is InChI=1S/C14H24N4OS/c1-10-9-20-14(16-10)17-13(19)8-18(2)12-6-4-3-5-11(12)7-15/h9,11-12H,3-8,15H2,1-2H3,(H,16,17,19). The van der Waals surface area contributed by atoms with Crippen LogP contribution in [0.2, 0.25) is 0 Å². The number of hydrogen-bond acceptors (Lipinski definition) is 5. The SMILES string of the molecule is Cc1csc(NC(=O)CN(C)C2CCCCC2CN)n1. The molecule has 1 aliphatic carbocycles. The maximum Gasteiger partial charge on any atom is 0.240 e. The van der Waals surface area contributed by atoms with Gasteiger partial charge in [0.05, 0.1) is 12.2 Å². The predicted molar refractivity (Wildman–Crippen MR) is 82.9 cm³/mol. The molecule has 1 heterocycles. The first-order valence-electron chi connectivity index (χ1n) is 7.22. The Bertz CT molecular complexity index is 448. The van der Waals surface area contributed by atoms with Crippen LogP contribution in [-0.4, -0.2) is 42.0 Å². The van der Waals surface area contributed by atoms with Crippen LogP contribution >= 0.6 is 11.3 Å². The zero-order chi connectivity index (χ0) is 14.5. The van der Waals surface area contributed by atoms with Gasteiger partial charge in [0.15, 0.2) is 5.13 Å². The molecule has 20 heavy (non-hydrogen) atoms. The molecule has 3 N–H and O–H groups in total. The minimum Gasteiger partial charge on any atom is -0.330 e. The lowest BCUT2D eigenvalue weighted by molar-refractivity contribution is -0.117. The largest absolute Gasteiger partial charge is 0.330 e. The van der Waals surface area contributed by atoms with Crippen molar-refractivity contribution in [1.29, 1.82) is 0 Å². The number of thiazole rings is 1. The van der Waals surface area contributed by atoms with Crippen LogP contribution in [0.1, 0.15) is 31.4 Å². The molecule has 1 aromatic heterocycles. The number of aromatic nitrogens is 1. The zero-order valence-corrected chi connectivity index (χ0v) is 13.1. The van der Waals surface area contributed by atoms with Crippen molar-refractivity contribution in [1.82, 2.24) is 9.88 Å². The summed E-state index contributed by atoms with van der Waals surface area (Å²) >= 11 is 1.46. The molecule has 1 amide bonds. The van der Waals surface area contributed by atoms with Crippen LogP contribution in [0, 0.1) is 12.8 Å². The van der Waals surface area contributed by atoms with Crippen LogP contribution in [-0.2, 0) is 4.79 Å². The minimum absolute atomic E-state index is 0.00296. The molecule has 0 spiro atoms. The first-order chi connectivity index (χ1) is 9.60. The molecule has 0 bridgehead atoms. The molecule has 0 radical (unpaired) electrons. The van der Waals surface area contributed by atoms with Gasteiger partial charge in [-0.3, -0.25) is 9.69 Å². The maximum atomic E-state index is 12.1. The van der Waals surface area contributed by atoms with E-state index in [2.05, 4.69) is 15.2 Å². The summed E-state index contributed by atoms with van der Waals surface area (Å²) in [6, 6.07) is 0.428. The van der Waals surface area contributed by atoms with E-state index in [9.17, 15) is 4.79 Å². The lowest BCUT2D eigenvalue weighted by atomic mass is 9.84. The highest BCUT2D eigenvalue weighted by molar-refractivity contribution is 7.13. The Balaban J connectivity index is 1.86. The fraction of sp³-hybridized carbons (Fsp3) is 0.714. The summed E-state index contributed by atoms with van der Waals surface area (Å²) in [6.45, 7) is 3.04. The molecule has 0 aliphatic heterocycles. The molecule has 6 heteroatoms. The Morgan fingerprint density at radius 2 is 2.30 bits per heavy atom. The Morgan fingerprint density at radius 3 is 2.95 bits per heavy atom. The average Bonchev–Trinajstić information content (AvgIpc) is 2.83. The molecule has 2 atom stereocenters. The number of amides is 1. The number of hydrogen-bond donors (Lipinski definition) is 2. The van der Waals surface area contributed by atoms with Gasteiger partial charge >= 0.3 is 0 Å². The van der Waals surface area contributed by atoms with Gasteiger partial charge in [-0.05, 0) is 39.3 Å². The second kappa shape index (κ2) is 7.15. The topological polar surface area (TPSA) is 71.2 Å². The monoisotopic (exact) mass is 296 g/mol. The molecule has 112 valence electrons. The first-order valence-corrected chi connectivity index (χ1v) is 8.10. The van der Waals surface area contributed by atoms with Crippen molar-refractivity contribution < 1.29 is 4.79 Å². The van der Waals surface area contributed by atoms with Gasteiger partial charge in [-0.25, -0.2) is 4.98 Å². The van der Waals surface area contributed by atoms with Gasteiger partial charge in [-0.2, -0.15) is 0 Å². The predicted octanol–water partition coefficient (Wildman–Crippen LogP) is 1.84. The minimum atomic E-state index is 0.00296. The van der Waals surface area contributed by atoms with Crippen molar-refractivity contribution in [2.45, 2.75) is 38.6 Å². The third kappa shape index (κ3) is 4.01. The van der Waals surface area contributed by atoms with Crippen molar-refractivity contribution in [2.75, 3.05) is 25.5 Å². The van der Waals surface area contributed by atoms with Crippen molar-refractivity contribution in [3.05, 3.63) is 11.1 Å². The molecular weight excluding hydrogens is 272 g/mol. The fourth-order valence-electron chi connectivity index (χ4n) is 2.96. The van der Waals surface area contributed by atoms with E-state index in [1.165, 1.54) is 30.6 Å². The zero-order valence-electron chi connectivity index (χ0n) is 12.3. The number of carbonyl (C=O) groups excluding carboxylic acids is 1. The van der Waals surface area contributed by atoms with Crippen molar-refractivity contribution in [3.8, 4) is 0 Å². The number of rotatable bonds is 5. The third-order valence-corrected chi connectivity index (χ3v) is 4.87. The van der Waals surface area contributed by atoms with E-state index in [0.717, 1.165) is 12.1 Å². The molecule has 0 aromatic carbocycles. The Kier molecular flexibility index (Phi) is 5.51. The van der Waals surface area contributed by atoms with E-state index < -0.39 is 0 Å². The van der Waals surface area contributed by atoms with Gasteiger partial charge in [0.25, 0.3) is 0 Å². The van der Waals surface area contributed by atoms with Crippen molar-refractivity contribution in [3.63, 3.8) is 0 Å². The van der Waals surface area contributed by atoms with Gasteiger partial charge in [0.1, 0.15) is 0 Å². The molecule has 1 fully saturated rings. The van der Waals surface area contributed by atoms with Crippen LogP contribution in [0.4, 0.5) is 5.13 Å².